The van der Waals surface area contributed by atoms with Crippen molar-refractivity contribution in [1.82, 2.24) is 10.6 Å². The van der Waals surface area contributed by atoms with Gasteiger partial charge in [0, 0.05) is 12.1 Å². The van der Waals surface area contributed by atoms with Crippen molar-refractivity contribution in [2.24, 2.45) is 0 Å². The van der Waals surface area contributed by atoms with E-state index in [-0.39, 0.29) is 24.7 Å². The molecule has 2 heterocycles. The third-order valence-corrected chi connectivity index (χ3v) is 4.00. The fourth-order valence-corrected chi connectivity index (χ4v) is 2.50. The standard InChI is InChI=1S/C19H17FN2O5/c20-15-5-3-13(4-6-15)10-21-17(23)18(24)22-12-19(25,14-7-9-26-11-14)16-2-1-8-27-16/h1-9,11,25H,10,12H2,(H,21,23)(H,22,24)/t19-/m1/s1. The van der Waals surface area contributed by atoms with Crippen molar-refractivity contribution in [1.29, 1.82) is 0 Å². The minimum atomic E-state index is -1.69. The molecule has 2 amide bonds. The Bertz CT molecular complexity index is 855. The topological polar surface area (TPSA) is 105 Å². The monoisotopic (exact) mass is 372 g/mol. The van der Waals surface area contributed by atoms with Crippen LogP contribution in [0.4, 0.5) is 4.39 Å². The van der Waals surface area contributed by atoms with Gasteiger partial charge in [0.05, 0.1) is 25.3 Å². The lowest BCUT2D eigenvalue weighted by Gasteiger charge is -2.25. The highest BCUT2D eigenvalue weighted by atomic mass is 19.1. The summed E-state index contributed by atoms with van der Waals surface area (Å²) in [6.45, 7) is -0.237. The molecule has 1 atom stereocenters. The van der Waals surface area contributed by atoms with Gasteiger partial charge in [0.15, 0.2) is 5.60 Å². The van der Waals surface area contributed by atoms with E-state index >= 15 is 0 Å². The van der Waals surface area contributed by atoms with Gasteiger partial charge in [-0.1, -0.05) is 12.1 Å². The van der Waals surface area contributed by atoms with Crippen LogP contribution in [-0.4, -0.2) is 23.5 Å². The summed E-state index contributed by atoms with van der Waals surface area (Å²) < 4.78 is 23.1. The van der Waals surface area contributed by atoms with Crippen LogP contribution in [0.25, 0.3) is 0 Å². The number of hydrogen-bond donors (Lipinski definition) is 3. The van der Waals surface area contributed by atoms with Crippen LogP contribution in [0, 0.1) is 5.82 Å². The highest BCUT2D eigenvalue weighted by Gasteiger charge is 2.36. The maximum atomic E-state index is 12.9. The van der Waals surface area contributed by atoms with E-state index in [9.17, 15) is 19.1 Å². The quantitative estimate of drug-likeness (QED) is 0.571. The Balaban J connectivity index is 1.61. The predicted octanol–water partition coefficient (Wildman–Crippen LogP) is 1.68. The van der Waals surface area contributed by atoms with Crippen molar-refractivity contribution in [3.63, 3.8) is 0 Å². The van der Waals surface area contributed by atoms with Gasteiger partial charge in [0.2, 0.25) is 0 Å². The van der Waals surface area contributed by atoms with Crippen molar-refractivity contribution < 1.29 is 27.9 Å². The summed E-state index contributed by atoms with van der Waals surface area (Å²) in [6.07, 6.45) is 4.08. The molecule has 1 aromatic carbocycles. The van der Waals surface area contributed by atoms with Gasteiger partial charge in [-0.15, -0.1) is 0 Å². The van der Waals surface area contributed by atoms with E-state index in [1.165, 1.54) is 49.1 Å². The predicted molar refractivity (Wildman–Crippen MR) is 91.7 cm³/mol. The Morgan fingerprint density at radius 1 is 1.04 bits per heavy atom. The van der Waals surface area contributed by atoms with Gasteiger partial charge in [0.1, 0.15) is 11.6 Å². The van der Waals surface area contributed by atoms with Gasteiger partial charge in [0.25, 0.3) is 0 Å². The SMILES string of the molecule is O=C(NCc1ccc(F)cc1)C(=O)NC[C@@](O)(c1ccoc1)c1ccco1. The Hall–Kier alpha value is -3.39. The molecule has 0 fully saturated rings. The molecule has 7 nitrogen and oxygen atoms in total. The van der Waals surface area contributed by atoms with Crippen molar-refractivity contribution in [3.8, 4) is 0 Å². The molecule has 0 radical (unpaired) electrons. The van der Waals surface area contributed by atoms with Crippen LogP contribution in [0.1, 0.15) is 16.9 Å². The van der Waals surface area contributed by atoms with E-state index in [2.05, 4.69) is 10.6 Å². The molecule has 140 valence electrons. The molecule has 0 spiro atoms. The smallest absolute Gasteiger partial charge is 0.309 e. The first-order valence-corrected chi connectivity index (χ1v) is 8.08. The lowest BCUT2D eigenvalue weighted by Crippen LogP contribution is -2.46. The second-order valence-electron chi connectivity index (χ2n) is 5.84. The lowest BCUT2D eigenvalue weighted by molar-refractivity contribution is -0.139. The average Bonchev–Trinajstić information content (AvgIpc) is 3.39. The van der Waals surface area contributed by atoms with E-state index in [0.717, 1.165) is 0 Å². The molecule has 3 N–H and O–H groups in total. The van der Waals surface area contributed by atoms with E-state index in [1.54, 1.807) is 12.1 Å². The van der Waals surface area contributed by atoms with Crippen molar-refractivity contribution in [2.75, 3.05) is 6.54 Å². The normalized spacial score (nSPS) is 13.0. The Labute approximate surface area is 153 Å². The number of hydrogen-bond acceptors (Lipinski definition) is 5. The number of furan rings is 2. The number of aliphatic hydroxyl groups is 1. The number of amides is 2. The first-order valence-electron chi connectivity index (χ1n) is 8.08. The van der Waals surface area contributed by atoms with Crippen molar-refractivity contribution in [2.45, 2.75) is 12.1 Å². The van der Waals surface area contributed by atoms with Crippen LogP contribution in [0.5, 0.6) is 0 Å². The lowest BCUT2D eigenvalue weighted by atomic mass is 9.93. The van der Waals surface area contributed by atoms with Gasteiger partial charge in [-0.25, -0.2) is 4.39 Å². The molecule has 3 rings (SSSR count). The summed E-state index contributed by atoms with van der Waals surface area (Å²) in [5.41, 5.74) is -0.684. The highest BCUT2D eigenvalue weighted by Crippen LogP contribution is 2.29. The van der Waals surface area contributed by atoms with Gasteiger partial charge in [-0.3, -0.25) is 9.59 Å². The molecule has 0 aliphatic carbocycles. The maximum Gasteiger partial charge on any atom is 0.309 e. The van der Waals surface area contributed by atoms with Crippen LogP contribution in [0.15, 0.2) is 70.1 Å². The summed E-state index contributed by atoms with van der Waals surface area (Å²) in [5.74, 6) is -2.01. The second kappa shape index (κ2) is 7.88. The van der Waals surface area contributed by atoms with E-state index in [1.807, 2.05) is 0 Å². The summed E-state index contributed by atoms with van der Waals surface area (Å²) in [6, 6.07) is 10.2. The van der Waals surface area contributed by atoms with Gasteiger partial charge >= 0.3 is 11.8 Å². The van der Waals surface area contributed by atoms with E-state index in [0.29, 0.717) is 11.1 Å². The van der Waals surface area contributed by atoms with E-state index in [4.69, 9.17) is 8.83 Å². The van der Waals surface area contributed by atoms with Crippen LogP contribution in [-0.2, 0) is 21.7 Å². The van der Waals surface area contributed by atoms with Gasteiger partial charge < -0.3 is 24.6 Å². The molecule has 0 aliphatic rings. The Morgan fingerprint density at radius 2 is 1.78 bits per heavy atom. The fraction of sp³-hybridized carbons (Fsp3) is 0.158. The zero-order valence-electron chi connectivity index (χ0n) is 14.1. The summed E-state index contributed by atoms with van der Waals surface area (Å²) in [5, 5.41) is 15.8. The molecule has 0 saturated carbocycles. The number of benzene rings is 1. The number of halogens is 1. The third kappa shape index (κ3) is 4.24. The summed E-state index contributed by atoms with van der Waals surface area (Å²) >= 11 is 0. The fourth-order valence-electron chi connectivity index (χ4n) is 2.50. The molecule has 8 heteroatoms. The third-order valence-electron chi connectivity index (χ3n) is 4.00. The molecular formula is C19H17FN2O5. The van der Waals surface area contributed by atoms with Crippen LogP contribution < -0.4 is 10.6 Å². The zero-order valence-corrected chi connectivity index (χ0v) is 14.1. The largest absolute Gasteiger partial charge is 0.472 e. The molecule has 0 bridgehead atoms. The van der Waals surface area contributed by atoms with Crippen molar-refractivity contribution >= 4 is 11.8 Å². The average molecular weight is 372 g/mol. The van der Waals surface area contributed by atoms with Crippen LogP contribution >= 0.6 is 0 Å². The van der Waals surface area contributed by atoms with Crippen LogP contribution in [0.3, 0.4) is 0 Å². The molecule has 2 aromatic heterocycles. The summed E-state index contributed by atoms with van der Waals surface area (Å²) in [4.78, 5) is 24.0. The minimum absolute atomic E-state index is 0.0662. The Morgan fingerprint density at radius 3 is 2.41 bits per heavy atom. The number of nitrogens with one attached hydrogen (secondary N) is 2. The van der Waals surface area contributed by atoms with E-state index < -0.39 is 17.4 Å². The Kier molecular flexibility index (Phi) is 5.37. The van der Waals surface area contributed by atoms with Crippen LogP contribution in [0.2, 0.25) is 0 Å². The molecule has 0 aliphatic heterocycles. The number of carbonyl (C=O) groups is 2. The number of carbonyl (C=O) groups excluding carboxylic acids is 2. The maximum absolute atomic E-state index is 12.9. The molecule has 27 heavy (non-hydrogen) atoms. The molecular weight excluding hydrogens is 355 g/mol. The van der Waals surface area contributed by atoms with Gasteiger partial charge in [-0.05, 0) is 35.9 Å². The first-order chi connectivity index (χ1) is 13.0. The zero-order chi connectivity index (χ0) is 19.3. The molecule has 0 unspecified atom stereocenters. The summed E-state index contributed by atoms with van der Waals surface area (Å²) in [7, 11) is 0. The minimum Gasteiger partial charge on any atom is -0.472 e. The highest BCUT2D eigenvalue weighted by molar-refractivity contribution is 6.35. The first kappa shape index (κ1) is 18.4. The molecule has 3 aromatic rings. The molecule has 0 saturated heterocycles. The second-order valence-corrected chi connectivity index (χ2v) is 5.84. The number of rotatable bonds is 6. The van der Waals surface area contributed by atoms with Gasteiger partial charge in [-0.2, -0.15) is 0 Å². The van der Waals surface area contributed by atoms with Crippen molar-refractivity contribution in [3.05, 3.63) is 84.0 Å².